The maximum atomic E-state index is 11.7. The molecular formula is C15H21N3O2S. The van der Waals surface area contributed by atoms with Crippen molar-refractivity contribution in [1.82, 2.24) is 0 Å². The lowest BCUT2D eigenvalue weighted by atomic mass is 9.80. The minimum atomic E-state index is -0.480. The van der Waals surface area contributed by atoms with Crippen LogP contribution in [0.4, 0.5) is 10.7 Å². The van der Waals surface area contributed by atoms with Gasteiger partial charge in [0.2, 0.25) is 0 Å². The summed E-state index contributed by atoms with van der Waals surface area (Å²) in [6, 6.07) is 2.13. The van der Waals surface area contributed by atoms with E-state index in [1.165, 1.54) is 18.4 Å². The molecule has 0 radical (unpaired) electrons. The van der Waals surface area contributed by atoms with E-state index in [0.29, 0.717) is 16.4 Å². The molecule has 2 heterocycles. The van der Waals surface area contributed by atoms with Crippen LogP contribution in [0.2, 0.25) is 0 Å². The molecule has 1 aliphatic rings. The Kier molecular flexibility index (Phi) is 4.15. The van der Waals surface area contributed by atoms with Crippen LogP contribution in [0.5, 0.6) is 0 Å². The lowest BCUT2D eigenvalue weighted by Gasteiger charge is -2.27. The number of ether oxygens (including phenoxy) is 1. The molecule has 1 saturated heterocycles. The summed E-state index contributed by atoms with van der Waals surface area (Å²) in [4.78, 5) is 14.2. The normalized spacial score (nSPS) is 18.6. The van der Waals surface area contributed by atoms with Crippen LogP contribution in [0.3, 0.4) is 0 Å². The van der Waals surface area contributed by atoms with E-state index in [0.717, 1.165) is 24.5 Å². The van der Waals surface area contributed by atoms with Crippen LogP contribution in [0.1, 0.15) is 42.4 Å². The first-order valence-corrected chi connectivity index (χ1v) is 7.76. The number of nitriles is 1. The van der Waals surface area contributed by atoms with E-state index in [-0.39, 0.29) is 11.1 Å². The summed E-state index contributed by atoms with van der Waals surface area (Å²) in [6.07, 6.45) is 1.08. The van der Waals surface area contributed by atoms with Crippen LogP contribution in [-0.4, -0.2) is 26.2 Å². The van der Waals surface area contributed by atoms with Crippen molar-refractivity contribution in [2.24, 2.45) is 11.3 Å². The van der Waals surface area contributed by atoms with Crippen LogP contribution in [0.15, 0.2) is 0 Å². The van der Waals surface area contributed by atoms with E-state index in [1.807, 2.05) is 0 Å². The second-order valence-electron chi connectivity index (χ2n) is 6.43. The van der Waals surface area contributed by atoms with Gasteiger partial charge in [-0.05, 0) is 17.8 Å². The van der Waals surface area contributed by atoms with Crippen LogP contribution in [-0.2, 0) is 4.74 Å². The van der Waals surface area contributed by atoms with E-state index in [1.54, 1.807) is 0 Å². The number of hydrogen-bond donors (Lipinski definition) is 1. The number of hydrogen-bond acceptors (Lipinski definition) is 6. The zero-order valence-electron chi connectivity index (χ0n) is 12.9. The quantitative estimate of drug-likeness (QED) is 0.850. The second-order valence-corrected chi connectivity index (χ2v) is 7.43. The van der Waals surface area contributed by atoms with Crippen molar-refractivity contribution in [2.75, 3.05) is 30.8 Å². The number of carbonyl (C=O) groups excluding carboxylic acids is 1. The Morgan fingerprint density at radius 2 is 2.19 bits per heavy atom. The Morgan fingerprint density at radius 3 is 2.67 bits per heavy atom. The summed E-state index contributed by atoms with van der Waals surface area (Å²) in [5, 5.41) is 10.1. The Morgan fingerprint density at radius 1 is 1.52 bits per heavy atom. The first-order chi connectivity index (χ1) is 9.79. The maximum Gasteiger partial charge on any atom is 0.350 e. The number of anilines is 2. The van der Waals surface area contributed by atoms with Gasteiger partial charge >= 0.3 is 5.97 Å². The number of rotatable bonds is 2. The average Bonchev–Trinajstić information content (AvgIpc) is 3.01. The molecule has 0 saturated carbocycles. The Labute approximate surface area is 129 Å². The molecule has 5 nitrogen and oxygen atoms in total. The smallest absolute Gasteiger partial charge is 0.350 e. The zero-order chi connectivity index (χ0) is 15.8. The van der Waals surface area contributed by atoms with Crippen molar-refractivity contribution < 1.29 is 9.53 Å². The van der Waals surface area contributed by atoms with Crippen molar-refractivity contribution in [1.29, 1.82) is 5.26 Å². The van der Waals surface area contributed by atoms with Gasteiger partial charge in [0.1, 0.15) is 21.5 Å². The molecule has 1 atom stereocenters. The minimum Gasteiger partial charge on any atom is -0.465 e. The number of nitrogens with two attached hydrogens (primary N) is 1. The first-order valence-electron chi connectivity index (χ1n) is 6.95. The van der Waals surface area contributed by atoms with Gasteiger partial charge in [-0.25, -0.2) is 4.79 Å². The SMILES string of the molecule is COC(=O)c1sc(N2CCC(C(C)(C)C)C2)c(C#N)c1N. The molecule has 1 aromatic heterocycles. The van der Waals surface area contributed by atoms with E-state index in [9.17, 15) is 10.1 Å². The Balaban J connectivity index is 2.34. The molecule has 2 N–H and O–H groups in total. The topological polar surface area (TPSA) is 79.3 Å². The zero-order valence-corrected chi connectivity index (χ0v) is 13.7. The first kappa shape index (κ1) is 15.6. The van der Waals surface area contributed by atoms with Gasteiger partial charge in [0.05, 0.1) is 12.8 Å². The molecule has 0 spiro atoms. The standard InChI is InChI=1S/C15H21N3O2S/c1-15(2,3)9-5-6-18(8-9)13-10(7-16)11(17)12(21-13)14(19)20-4/h9H,5-6,8,17H2,1-4H3. The van der Waals surface area contributed by atoms with Gasteiger partial charge in [0.25, 0.3) is 0 Å². The van der Waals surface area contributed by atoms with Gasteiger partial charge in [0, 0.05) is 13.1 Å². The van der Waals surface area contributed by atoms with Gasteiger partial charge < -0.3 is 15.4 Å². The van der Waals surface area contributed by atoms with Crippen molar-refractivity contribution in [3.05, 3.63) is 10.4 Å². The highest BCUT2D eigenvalue weighted by atomic mass is 32.1. The van der Waals surface area contributed by atoms with Crippen molar-refractivity contribution in [2.45, 2.75) is 27.2 Å². The third kappa shape index (κ3) is 2.84. The predicted molar refractivity (Wildman–Crippen MR) is 84.6 cm³/mol. The molecule has 0 bridgehead atoms. The lowest BCUT2D eigenvalue weighted by Crippen LogP contribution is -2.25. The van der Waals surface area contributed by atoms with Crippen LogP contribution < -0.4 is 10.6 Å². The average molecular weight is 307 g/mol. The molecule has 6 heteroatoms. The number of carbonyl (C=O) groups is 1. The molecule has 0 amide bonds. The number of esters is 1. The highest BCUT2D eigenvalue weighted by Crippen LogP contribution is 2.42. The Bertz CT molecular complexity index is 595. The fourth-order valence-electron chi connectivity index (χ4n) is 2.66. The molecule has 1 unspecified atom stereocenters. The fourth-order valence-corrected chi connectivity index (χ4v) is 3.78. The summed E-state index contributed by atoms with van der Waals surface area (Å²) < 4.78 is 4.73. The van der Waals surface area contributed by atoms with Crippen LogP contribution in [0.25, 0.3) is 0 Å². The molecular weight excluding hydrogens is 286 g/mol. The fraction of sp³-hybridized carbons (Fsp3) is 0.600. The van der Waals surface area contributed by atoms with Crippen LogP contribution >= 0.6 is 11.3 Å². The van der Waals surface area contributed by atoms with E-state index in [4.69, 9.17) is 10.5 Å². The van der Waals surface area contributed by atoms with Gasteiger partial charge in [-0.2, -0.15) is 5.26 Å². The van der Waals surface area contributed by atoms with Gasteiger partial charge in [-0.3, -0.25) is 0 Å². The minimum absolute atomic E-state index is 0.232. The largest absolute Gasteiger partial charge is 0.465 e. The molecule has 2 rings (SSSR count). The predicted octanol–water partition coefficient (Wildman–Crippen LogP) is 2.86. The molecule has 0 aliphatic carbocycles. The van der Waals surface area contributed by atoms with E-state index >= 15 is 0 Å². The summed E-state index contributed by atoms with van der Waals surface area (Å²) in [5.74, 6) is 0.0840. The molecule has 1 aromatic rings. The summed E-state index contributed by atoms with van der Waals surface area (Å²) in [6.45, 7) is 8.47. The molecule has 1 aliphatic heterocycles. The van der Waals surface area contributed by atoms with E-state index in [2.05, 4.69) is 31.7 Å². The van der Waals surface area contributed by atoms with Crippen molar-refractivity contribution in [3.8, 4) is 6.07 Å². The summed E-state index contributed by atoms with van der Waals surface area (Å²) >= 11 is 1.26. The third-order valence-electron chi connectivity index (χ3n) is 4.11. The van der Waals surface area contributed by atoms with Crippen LogP contribution in [0, 0.1) is 22.7 Å². The molecule has 114 valence electrons. The third-order valence-corrected chi connectivity index (χ3v) is 5.36. The molecule has 1 fully saturated rings. The van der Waals surface area contributed by atoms with Gasteiger partial charge in [-0.1, -0.05) is 20.8 Å². The number of nitrogens with zero attached hydrogens (tertiary/aromatic N) is 2. The maximum absolute atomic E-state index is 11.7. The lowest BCUT2D eigenvalue weighted by molar-refractivity contribution is 0.0607. The Hall–Kier alpha value is -1.74. The van der Waals surface area contributed by atoms with Crippen molar-refractivity contribution in [3.63, 3.8) is 0 Å². The highest BCUT2D eigenvalue weighted by molar-refractivity contribution is 7.18. The summed E-state index contributed by atoms with van der Waals surface area (Å²) in [7, 11) is 1.32. The summed E-state index contributed by atoms with van der Waals surface area (Å²) in [5.41, 5.74) is 6.81. The number of methoxy groups -OCH3 is 1. The van der Waals surface area contributed by atoms with Gasteiger partial charge in [0.15, 0.2) is 0 Å². The molecule has 0 aromatic carbocycles. The molecule has 21 heavy (non-hydrogen) atoms. The highest BCUT2D eigenvalue weighted by Gasteiger charge is 2.34. The number of thiophene rings is 1. The second kappa shape index (κ2) is 5.57. The van der Waals surface area contributed by atoms with E-state index < -0.39 is 5.97 Å². The van der Waals surface area contributed by atoms with Gasteiger partial charge in [-0.15, -0.1) is 11.3 Å². The van der Waals surface area contributed by atoms with Crippen molar-refractivity contribution >= 4 is 28.0 Å². The monoisotopic (exact) mass is 307 g/mol. The number of nitrogen functional groups attached to an aromatic ring is 1.